The first-order chi connectivity index (χ1) is 11.1. The zero-order valence-electron chi connectivity index (χ0n) is 12.1. The third-order valence-electron chi connectivity index (χ3n) is 3.57. The third-order valence-corrected chi connectivity index (χ3v) is 3.57. The Hall–Kier alpha value is -1.56. The normalized spacial score (nSPS) is 35.1. The summed E-state index contributed by atoms with van der Waals surface area (Å²) < 4.78 is 44.8. The van der Waals surface area contributed by atoms with Gasteiger partial charge in [-0.2, -0.15) is 13.2 Å². The first-order valence-corrected chi connectivity index (χ1v) is 6.88. The Morgan fingerprint density at radius 3 is 2.21 bits per heavy atom. The minimum atomic E-state index is -5.23. The summed E-state index contributed by atoms with van der Waals surface area (Å²) in [6, 6.07) is 6.79. The van der Waals surface area contributed by atoms with E-state index < -0.39 is 48.7 Å². The van der Waals surface area contributed by atoms with Crippen LogP contribution in [0.2, 0.25) is 0 Å². The Bertz CT molecular complexity index is 594. The second-order valence-electron chi connectivity index (χ2n) is 5.26. The van der Waals surface area contributed by atoms with Crippen LogP contribution in [0.5, 0.6) is 0 Å². The van der Waals surface area contributed by atoms with Crippen LogP contribution >= 0.6 is 0 Å². The summed E-state index contributed by atoms with van der Waals surface area (Å²) in [6.07, 6.45) is -13.6. The number of ether oxygens (including phenoxy) is 1. The number of para-hydroxylation sites is 1. The van der Waals surface area contributed by atoms with E-state index in [-0.39, 0.29) is 5.69 Å². The highest BCUT2D eigenvalue weighted by Gasteiger charge is 2.62. The number of alkyl halides is 3. The van der Waals surface area contributed by atoms with Crippen molar-refractivity contribution in [2.75, 3.05) is 6.61 Å². The molecule has 0 bridgehead atoms. The van der Waals surface area contributed by atoms with Crippen molar-refractivity contribution in [2.24, 2.45) is 4.99 Å². The number of benzene rings is 1. The second-order valence-corrected chi connectivity index (χ2v) is 5.26. The molecular formula is C14H16F3NO6. The molecule has 1 aromatic rings. The van der Waals surface area contributed by atoms with Crippen LogP contribution in [0.4, 0.5) is 18.9 Å². The zero-order valence-corrected chi connectivity index (χ0v) is 12.1. The Labute approximate surface area is 134 Å². The predicted octanol–water partition coefficient (Wildman–Crippen LogP) is -0.516. The lowest BCUT2D eigenvalue weighted by Gasteiger charge is -2.45. The Balaban J connectivity index is 2.54. The monoisotopic (exact) mass is 351 g/mol. The van der Waals surface area contributed by atoms with Crippen LogP contribution in [0.1, 0.15) is 0 Å². The van der Waals surface area contributed by atoms with Crippen molar-refractivity contribution in [1.82, 2.24) is 0 Å². The van der Waals surface area contributed by atoms with Crippen LogP contribution < -0.4 is 0 Å². The highest BCUT2D eigenvalue weighted by atomic mass is 19.4. The molecule has 1 saturated heterocycles. The first kappa shape index (κ1) is 18.8. The maximum atomic E-state index is 13.4. The Morgan fingerprint density at radius 1 is 1.12 bits per heavy atom. The average molecular weight is 351 g/mol. The molecule has 1 unspecified atom stereocenters. The van der Waals surface area contributed by atoms with Gasteiger partial charge in [0.2, 0.25) is 5.79 Å². The number of nitrogens with zero attached hydrogens (tertiary/aromatic N) is 1. The molecule has 1 aliphatic rings. The SMILES string of the molecule is OC[C@H]1OC(O)(C(=Nc2ccccc2)C(F)(F)F)[C@H](O)[C@@H](O)[C@H]1O. The summed E-state index contributed by atoms with van der Waals surface area (Å²) in [5, 5.41) is 48.5. The molecule has 1 aliphatic heterocycles. The van der Waals surface area contributed by atoms with E-state index >= 15 is 0 Å². The fourth-order valence-corrected chi connectivity index (χ4v) is 2.33. The summed E-state index contributed by atoms with van der Waals surface area (Å²) in [5.74, 6) is -3.47. The zero-order chi connectivity index (χ0) is 18.1. The molecule has 10 heteroatoms. The van der Waals surface area contributed by atoms with E-state index in [0.717, 1.165) is 0 Å². The van der Waals surface area contributed by atoms with Gasteiger partial charge in [-0.3, -0.25) is 0 Å². The van der Waals surface area contributed by atoms with Gasteiger partial charge in [-0.15, -0.1) is 0 Å². The van der Waals surface area contributed by atoms with Gasteiger partial charge in [-0.25, -0.2) is 4.99 Å². The van der Waals surface area contributed by atoms with E-state index in [1.54, 1.807) is 0 Å². The van der Waals surface area contributed by atoms with Crippen molar-refractivity contribution in [3.05, 3.63) is 30.3 Å². The molecule has 0 radical (unpaired) electrons. The molecule has 1 heterocycles. The summed E-state index contributed by atoms with van der Waals surface area (Å²) in [5.41, 5.74) is -2.10. The van der Waals surface area contributed by atoms with Gasteiger partial charge in [-0.1, -0.05) is 18.2 Å². The summed E-state index contributed by atoms with van der Waals surface area (Å²) in [7, 11) is 0. The highest BCUT2D eigenvalue weighted by molar-refractivity contribution is 5.98. The van der Waals surface area contributed by atoms with E-state index in [4.69, 9.17) is 5.11 Å². The van der Waals surface area contributed by atoms with Gasteiger partial charge in [0.1, 0.15) is 24.4 Å². The Morgan fingerprint density at radius 2 is 1.71 bits per heavy atom. The molecule has 2 rings (SSSR count). The predicted molar refractivity (Wildman–Crippen MR) is 74.5 cm³/mol. The van der Waals surface area contributed by atoms with E-state index in [1.807, 2.05) is 0 Å². The first-order valence-electron chi connectivity index (χ1n) is 6.88. The molecule has 0 aliphatic carbocycles. The lowest BCUT2D eigenvalue weighted by Crippen LogP contribution is -2.70. The molecule has 0 amide bonds. The molecule has 1 aromatic carbocycles. The number of halogens is 3. The lowest BCUT2D eigenvalue weighted by molar-refractivity contribution is -0.322. The van der Waals surface area contributed by atoms with Crippen molar-refractivity contribution >= 4 is 11.4 Å². The molecule has 0 saturated carbocycles. The minimum absolute atomic E-state index is 0.185. The highest BCUT2D eigenvalue weighted by Crippen LogP contribution is 2.36. The fraction of sp³-hybridized carbons (Fsp3) is 0.500. The number of aliphatic hydroxyl groups excluding tert-OH is 4. The largest absolute Gasteiger partial charge is 0.434 e. The van der Waals surface area contributed by atoms with Crippen LogP contribution in [-0.4, -0.2) is 74.2 Å². The standard InChI is InChI=1S/C14H16F3NO6/c15-14(16,17)12(18-7-4-2-1-3-5-7)13(23)11(22)10(21)9(20)8(6-19)24-13/h1-5,8-11,19-23H,6H2/t8-,9+,10+,11-,13?/m1/s1. The van der Waals surface area contributed by atoms with Gasteiger partial charge in [0.15, 0.2) is 5.71 Å². The second kappa shape index (κ2) is 6.75. The minimum Gasteiger partial charge on any atom is -0.394 e. The Kier molecular flexibility index (Phi) is 5.28. The van der Waals surface area contributed by atoms with Crippen LogP contribution in [-0.2, 0) is 4.74 Å². The van der Waals surface area contributed by atoms with Crippen LogP contribution in [0.3, 0.4) is 0 Å². The molecule has 24 heavy (non-hydrogen) atoms. The van der Waals surface area contributed by atoms with Gasteiger partial charge in [-0.05, 0) is 12.1 Å². The van der Waals surface area contributed by atoms with E-state index in [0.29, 0.717) is 0 Å². The quantitative estimate of drug-likeness (QED) is 0.467. The average Bonchev–Trinajstić information content (AvgIpc) is 2.54. The molecule has 134 valence electrons. The van der Waals surface area contributed by atoms with E-state index in [2.05, 4.69) is 9.73 Å². The number of hydrogen-bond donors (Lipinski definition) is 5. The number of hydrogen-bond acceptors (Lipinski definition) is 7. The van der Waals surface area contributed by atoms with Gasteiger partial charge in [0.25, 0.3) is 0 Å². The topological polar surface area (TPSA) is 123 Å². The van der Waals surface area contributed by atoms with Crippen LogP contribution in [0, 0.1) is 0 Å². The van der Waals surface area contributed by atoms with Crippen LogP contribution in [0.25, 0.3) is 0 Å². The lowest BCUT2D eigenvalue weighted by atomic mass is 9.89. The van der Waals surface area contributed by atoms with E-state index in [1.165, 1.54) is 30.3 Å². The van der Waals surface area contributed by atoms with Gasteiger partial charge in [0, 0.05) is 0 Å². The number of aliphatic hydroxyl groups is 5. The maximum absolute atomic E-state index is 13.4. The summed E-state index contributed by atoms with van der Waals surface area (Å²) in [4.78, 5) is 3.29. The van der Waals surface area contributed by atoms with Gasteiger partial charge in [0.05, 0.1) is 12.3 Å². The molecule has 0 spiro atoms. The van der Waals surface area contributed by atoms with Crippen molar-refractivity contribution < 1.29 is 43.4 Å². The smallest absolute Gasteiger partial charge is 0.394 e. The van der Waals surface area contributed by atoms with Crippen molar-refractivity contribution in [1.29, 1.82) is 0 Å². The molecule has 0 aromatic heterocycles. The third kappa shape index (κ3) is 3.43. The molecule has 5 N–H and O–H groups in total. The fourth-order valence-electron chi connectivity index (χ4n) is 2.33. The maximum Gasteiger partial charge on any atom is 0.434 e. The molecule has 1 fully saturated rings. The molecule has 5 atom stereocenters. The summed E-state index contributed by atoms with van der Waals surface area (Å²) in [6.45, 7) is -0.996. The van der Waals surface area contributed by atoms with Gasteiger partial charge >= 0.3 is 6.18 Å². The molecular weight excluding hydrogens is 335 g/mol. The van der Waals surface area contributed by atoms with Gasteiger partial charge < -0.3 is 30.3 Å². The van der Waals surface area contributed by atoms with E-state index in [9.17, 15) is 33.6 Å². The molecule has 7 nitrogen and oxygen atoms in total. The summed E-state index contributed by atoms with van der Waals surface area (Å²) >= 11 is 0. The van der Waals surface area contributed by atoms with Crippen molar-refractivity contribution in [2.45, 2.75) is 36.4 Å². The van der Waals surface area contributed by atoms with Crippen molar-refractivity contribution in [3.8, 4) is 0 Å². The van der Waals surface area contributed by atoms with Crippen LogP contribution in [0.15, 0.2) is 35.3 Å². The number of rotatable bonds is 3. The van der Waals surface area contributed by atoms with Crippen molar-refractivity contribution in [3.63, 3.8) is 0 Å². The number of aliphatic imine (C=N–C) groups is 1.